The fraction of sp³-hybridized carbons (Fsp3) is 0.217. The molecule has 0 radical (unpaired) electrons. The summed E-state index contributed by atoms with van der Waals surface area (Å²) in [6, 6.07) is 13.8. The molecule has 0 amide bonds. The highest BCUT2D eigenvalue weighted by Gasteiger charge is 2.47. The zero-order valence-corrected chi connectivity index (χ0v) is 17.7. The van der Waals surface area contributed by atoms with Gasteiger partial charge >= 0.3 is 0 Å². The van der Waals surface area contributed by atoms with E-state index in [0.717, 1.165) is 30.0 Å². The molecule has 4 rings (SSSR count). The van der Waals surface area contributed by atoms with Crippen LogP contribution in [0.3, 0.4) is 0 Å². The molecule has 0 aliphatic carbocycles. The number of hydrogen-bond donors (Lipinski definition) is 1. The van der Waals surface area contributed by atoms with Crippen molar-refractivity contribution >= 4 is 22.5 Å². The van der Waals surface area contributed by atoms with Crippen LogP contribution in [0.1, 0.15) is 36.0 Å². The second kappa shape index (κ2) is 9.30. The minimum atomic E-state index is -2.79. The number of anilines is 1. The highest BCUT2D eigenvalue weighted by Crippen LogP contribution is 2.53. The Kier molecular flexibility index (Phi) is 6.48. The van der Waals surface area contributed by atoms with E-state index in [4.69, 9.17) is 5.73 Å². The number of thioether (sulfide) groups is 1. The number of hydrazone groups is 1. The molecule has 0 saturated heterocycles. The molecule has 1 aromatic heterocycles. The van der Waals surface area contributed by atoms with E-state index in [1.165, 1.54) is 29.0 Å². The standard InChI is InChI=1S/C23H20F4N4S/c24-16-7-8-19(25)17(13-16)22-30-31(20-9-12-29-14-18(20)21(26)27)23(32-22,10-4-11-28)15-5-2-1-3-6-15/h1-3,5-9,12-14,21H,4,10-11,28H2. The Hall–Kier alpha value is -2.91. The number of aromatic nitrogens is 1. The van der Waals surface area contributed by atoms with Gasteiger partial charge in [0.15, 0.2) is 0 Å². The van der Waals surface area contributed by atoms with Crippen LogP contribution in [0.2, 0.25) is 0 Å². The second-order valence-electron chi connectivity index (χ2n) is 7.22. The third kappa shape index (κ3) is 4.10. The van der Waals surface area contributed by atoms with Gasteiger partial charge in [-0.05, 0) is 49.2 Å². The van der Waals surface area contributed by atoms with E-state index in [2.05, 4.69) is 10.1 Å². The van der Waals surface area contributed by atoms with Gasteiger partial charge in [0, 0.05) is 18.0 Å². The first kappa shape index (κ1) is 22.3. The lowest BCUT2D eigenvalue weighted by atomic mass is 9.99. The minimum absolute atomic E-state index is 0.0294. The van der Waals surface area contributed by atoms with Crippen molar-refractivity contribution in [3.63, 3.8) is 0 Å². The van der Waals surface area contributed by atoms with Gasteiger partial charge in [0.05, 0.1) is 11.3 Å². The first-order valence-electron chi connectivity index (χ1n) is 9.97. The molecule has 1 atom stereocenters. The zero-order valence-electron chi connectivity index (χ0n) is 16.9. The molecule has 1 aliphatic rings. The van der Waals surface area contributed by atoms with Crippen LogP contribution in [0.5, 0.6) is 0 Å². The Morgan fingerprint density at radius 3 is 2.56 bits per heavy atom. The maximum Gasteiger partial charge on any atom is 0.267 e. The summed E-state index contributed by atoms with van der Waals surface area (Å²) in [5.41, 5.74) is 6.39. The van der Waals surface area contributed by atoms with E-state index in [9.17, 15) is 17.6 Å². The summed E-state index contributed by atoms with van der Waals surface area (Å²) in [7, 11) is 0. The first-order valence-corrected chi connectivity index (χ1v) is 10.8. The molecule has 166 valence electrons. The SMILES string of the molecule is NCCCC1(c2ccccc2)SC(c2cc(F)ccc2F)=NN1c1ccncc1C(F)F. The Balaban J connectivity index is 1.95. The number of nitrogens with two attached hydrogens (primary N) is 1. The fourth-order valence-electron chi connectivity index (χ4n) is 3.70. The monoisotopic (exact) mass is 460 g/mol. The second-order valence-corrected chi connectivity index (χ2v) is 8.49. The normalized spacial score (nSPS) is 18.3. The van der Waals surface area contributed by atoms with Crippen LogP contribution in [0.4, 0.5) is 23.2 Å². The molecule has 4 nitrogen and oxygen atoms in total. The van der Waals surface area contributed by atoms with Gasteiger partial charge in [0.25, 0.3) is 6.43 Å². The Labute approximate surface area is 187 Å². The van der Waals surface area contributed by atoms with Crippen molar-refractivity contribution in [3.05, 3.63) is 95.3 Å². The van der Waals surface area contributed by atoms with Gasteiger partial charge in [-0.3, -0.25) is 4.98 Å². The van der Waals surface area contributed by atoms with Crippen molar-refractivity contribution in [2.24, 2.45) is 10.8 Å². The Bertz CT molecular complexity index is 1130. The van der Waals surface area contributed by atoms with Crippen molar-refractivity contribution < 1.29 is 17.6 Å². The van der Waals surface area contributed by atoms with Gasteiger partial charge in [-0.15, -0.1) is 0 Å². The molecular weight excluding hydrogens is 440 g/mol. The van der Waals surface area contributed by atoms with Crippen molar-refractivity contribution in [3.8, 4) is 0 Å². The Morgan fingerprint density at radius 2 is 1.84 bits per heavy atom. The van der Waals surface area contributed by atoms with Crippen LogP contribution in [0, 0.1) is 11.6 Å². The van der Waals surface area contributed by atoms with E-state index < -0.39 is 22.9 Å². The summed E-state index contributed by atoms with van der Waals surface area (Å²) < 4.78 is 56.3. The summed E-state index contributed by atoms with van der Waals surface area (Å²) in [4.78, 5) is 2.85. The quantitative estimate of drug-likeness (QED) is 0.453. The average Bonchev–Trinajstić information content (AvgIpc) is 3.20. The third-order valence-electron chi connectivity index (χ3n) is 5.19. The van der Waals surface area contributed by atoms with Crippen molar-refractivity contribution in [2.45, 2.75) is 24.1 Å². The topological polar surface area (TPSA) is 54.5 Å². The number of pyridine rings is 1. The Morgan fingerprint density at radius 1 is 1.06 bits per heavy atom. The molecule has 2 aromatic carbocycles. The lowest BCUT2D eigenvalue weighted by Crippen LogP contribution is -2.38. The molecule has 0 fully saturated rings. The molecule has 0 spiro atoms. The van der Waals surface area contributed by atoms with Crippen LogP contribution in [-0.2, 0) is 4.87 Å². The largest absolute Gasteiger partial charge is 0.330 e. The lowest BCUT2D eigenvalue weighted by Gasteiger charge is -2.38. The number of hydrogen-bond acceptors (Lipinski definition) is 5. The zero-order chi connectivity index (χ0) is 22.7. The number of benzene rings is 2. The van der Waals surface area contributed by atoms with E-state index in [1.54, 1.807) is 0 Å². The number of halogens is 4. The van der Waals surface area contributed by atoms with Gasteiger partial charge in [-0.1, -0.05) is 42.1 Å². The van der Waals surface area contributed by atoms with Gasteiger partial charge in [0.2, 0.25) is 0 Å². The summed E-state index contributed by atoms with van der Waals surface area (Å²) in [5.74, 6) is -1.27. The molecule has 32 heavy (non-hydrogen) atoms. The van der Waals surface area contributed by atoms with Crippen molar-refractivity contribution in [1.82, 2.24) is 4.98 Å². The van der Waals surface area contributed by atoms with Crippen LogP contribution in [-0.4, -0.2) is 16.6 Å². The van der Waals surface area contributed by atoms with Crippen LogP contribution in [0.15, 0.2) is 72.1 Å². The molecule has 1 aliphatic heterocycles. The van der Waals surface area contributed by atoms with Crippen LogP contribution in [0.25, 0.3) is 0 Å². The lowest BCUT2D eigenvalue weighted by molar-refractivity contribution is 0.151. The number of rotatable bonds is 7. The van der Waals surface area contributed by atoms with Crippen LogP contribution < -0.4 is 10.7 Å². The molecule has 1 unspecified atom stereocenters. The van der Waals surface area contributed by atoms with Crippen molar-refractivity contribution in [1.29, 1.82) is 0 Å². The van der Waals surface area contributed by atoms with Gasteiger partial charge in [0.1, 0.15) is 21.5 Å². The van der Waals surface area contributed by atoms with E-state index in [-0.39, 0.29) is 21.9 Å². The van der Waals surface area contributed by atoms with E-state index in [1.807, 2.05) is 30.3 Å². The molecule has 2 heterocycles. The molecule has 0 bridgehead atoms. The molecule has 0 saturated carbocycles. The number of alkyl halides is 2. The third-order valence-corrected chi connectivity index (χ3v) is 6.64. The van der Waals surface area contributed by atoms with E-state index in [0.29, 0.717) is 19.4 Å². The predicted molar refractivity (Wildman–Crippen MR) is 119 cm³/mol. The maximum absolute atomic E-state index is 14.6. The molecule has 2 N–H and O–H groups in total. The highest BCUT2D eigenvalue weighted by atomic mass is 32.2. The molecule has 3 aromatic rings. The molecular formula is C23H20F4N4S. The minimum Gasteiger partial charge on any atom is -0.330 e. The smallest absolute Gasteiger partial charge is 0.267 e. The maximum atomic E-state index is 14.6. The summed E-state index contributed by atoms with van der Waals surface area (Å²) >= 11 is 1.20. The van der Waals surface area contributed by atoms with Gasteiger partial charge in [-0.2, -0.15) is 5.10 Å². The summed E-state index contributed by atoms with van der Waals surface area (Å²) in [5, 5.41) is 6.23. The average molecular weight is 461 g/mol. The fourth-order valence-corrected chi connectivity index (χ4v) is 5.13. The van der Waals surface area contributed by atoms with Crippen molar-refractivity contribution in [2.75, 3.05) is 11.6 Å². The van der Waals surface area contributed by atoms with Crippen LogP contribution >= 0.6 is 11.8 Å². The predicted octanol–water partition coefficient (Wildman–Crippen LogP) is 5.80. The van der Waals surface area contributed by atoms with E-state index >= 15 is 0 Å². The summed E-state index contributed by atoms with van der Waals surface area (Å²) in [6.45, 7) is 0.366. The highest BCUT2D eigenvalue weighted by molar-refractivity contribution is 8.15. The van der Waals surface area contributed by atoms with Gasteiger partial charge < -0.3 is 5.73 Å². The summed E-state index contributed by atoms with van der Waals surface area (Å²) in [6.07, 6.45) is 0.701. The first-order chi connectivity index (χ1) is 15.5. The number of nitrogens with zero attached hydrogens (tertiary/aromatic N) is 3. The molecule has 9 heteroatoms. The van der Waals surface area contributed by atoms with Gasteiger partial charge in [-0.25, -0.2) is 22.6 Å².